The monoisotopic (exact) mass is 579 g/mol. The summed E-state index contributed by atoms with van der Waals surface area (Å²) in [5.74, 6) is 2.74. The zero-order chi connectivity index (χ0) is 29.5. The summed E-state index contributed by atoms with van der Waals surface area (Å²) in [6, 6.07) is 44.4. The van der Waals surface area contributed by atoms with Crippen molar-refractivity contribution in [3.63, 3.8) is 0 Å². The first-order valence-corrected chi connectivity index (χ1v) is 15.1. The number of aromatic nitrogens is 3. The molecule has 0 radical (unpaired) electrons. The number of benzene rings is 3. The molecule has 0 amide bonds. The van der Waals surface area contributed by atoms with Gasteiger partial charge >= 0.3 is 21.4 Å². The van der Waals surface area contributed by atoms with Crippen LogP contribution in [0.3, 0.4) is 0 Å². The van der Waals surface area contributed by atoms with Gasteiger partial charge in [-0.1, -0.05) is 54.6 Å². The number of para-hydroxylation sites is 3. The lowest BCUT2D eigenvalue weighted by Crippen LogP contribution is -2.83. The van der Waals surface area contributed by atoms with E-state index in [1.54, 1.807) is 0 Å². The van der Waals surface area contributed by atoms with Gasteiger partial charge in [-0.3, -0.25) is 0 Å². The van der Waals surface area contributed by atoms with E-state index < -0.39 is 0 Å². The Balaban J connectivity index is 1.30. The predicted octanol–water partition coefficient (Wildman–Crippen LogP) is 6.11. The number of rotatable bonds is 3. The molecule has 1 saturated heterocycles. The van der Waals surface area contributed by atoms with Crippen molar-refractivity contribution in [2.24, 2.45) is 0 Å². The maximum atomic E-state index is 5.03. The minimum absolute atomic E-state index is 0.263. The van der Waals surface area contributed by atoms with Crippen LogP contribution >= 0.6 is 0 Å². The quantitative estimate of drug-likeness (QED) is 0.231. The molecule has 0 N–H and O–H groups in total. The molecule has 0 bridgehead atoms. The molecule has 12 heteroatoms. The van der Waals surface area contributed by atoms with Crippen molar-refractivity contribution < 1.29 is 0 Å². The molecule has 0 saturated carbocycles. The van der Waals surface area contributed by atoms with E-state index in [9.17, 15) is 0 Å². The zero-order valence-electron chi connectivity index (χ0n) is 24.1. The number of nitrogens with zero attached hydrogens (tertiary/aromatic N) is 9. The molecule has 7 heterocycles. The maximum absolute atomic E-state index is 5.03. The number of pyridine rings is 3. The first-order chi connectivity index (χ1) is 22.4. The molecule has 0 spiro atoms. The topological polar surface area (TPSA) is 58.1 Å². The van der Waals surface area contributed by atoms with E-state index in [-0.39, 0.29) is 21.4 Å². The third-order valence-electron chi connectivity index (χ3n) is 9.11. The van der Waals surface area contributed by atoms with Gasteiger partial charge < -0.3 is 28.6 Å². The van der Waals surface area contributed by atoms with Gasteiger partial charge in [0.25, 0.3) is 0 Å². The highest BCUT2D eigenvalue weighted by Gasteiger charge is 2.70. The molecule has 6 aromatic rings. The summed E-state index contributed by atoms with van der Waals surface area (Å²) in [5, 5.41) is 0. The standard InChI is InChI=1S/C33H24B3N9/c1-4-13-25(14-5-1)40-31-28(19-10-22-37-31)43-34(40)44-29-20-11-23-38-32(29)41(26-15-6-2-7-16-26)36(44)45-30-21-12-24-39-33(30)42(35(43)45)27-17-8-3-9-18-27/h1-24H. The van der Waals surface area contributed by atoms with Crippen molar-refractivity contribution in [3.8, 4) is 0 Å². The first-order valence-electron chi connectivity index (χ1n) is 15.1. The van der Waals surface area contributed by atoms with Gasteiger partial charge in [0, 0.05) is 35.7 Å². The molecule has 0 atom stereocenters. The zero-order valence-corrected chi connectivity index (χ0v) is 24.1. The van der Waals surface area contributed by atoms with E-state index in [2.05, 4.69) is 138 Å². The van der Waals surface area contributed by atoms with Crippen molar-refractivity contribution in [1.82, 2.24) is 15.0 Å². The van der Waals surface area contributed by atoms with E-state index in [1.165, 1.54) is 0 Å². The average molecular weight is 579 g/mol. The lowest BCUT2D eigenvalue weighted by atomic mass is 9.55. The van der Waals surface area contributed by atoms with Gasteiger partial charge in [0.05, 0.1) is 17.1 Å². The summed E-state index contributed by atoms with van der Waals surface area (Å²) in [5.41, 5.74) is 6.37. The largest absolute Gasteiger partial charge is 0.491 e. The Morgan fingerprint density at radius 2 is 0.622 bits per heavy atom. The first kappa shape index (κ1) is 24.5. The van der Waals surface area contributed by atoms with Gasteiger partial charge in [-0.15, -0.1) is 0 Å². The number of hydrogen-bond acceptors (Lipinski definition) is 9. The van der Waals surface area contributed by atoms with E-state index in [4.69, 9.17) is 15.0 Å². The SMILES string of the molecule is c1ccc(N2B3N(B4N(B5N3c3cccnc3N5c3ccccc3)c3cccnc3N4c3ccccc3)c3cccnc32)cc1. The summed E-state index contributed by atoms with van der Waals surface area (Å²) in [4.78, 5) is 22.2. The maximum Gasteiger partial charge on any atom is 0.491 e. The fourth-order valence-electron chi connectivity index (χ4n) is 7.44. The Labute approximate surface area is 262 Å². The second-order valence-electron chi connectivity index (χ2n) is 11.4. The van der Waals surface area contributed by atoms with Crippen molar-refractivity contribution in [2.75, 3.05) is 28.6 Å². The Morgan fingerprint density at radius 3 is 0.911 bits per heavy atom. The van der Waals surface area contributed by atoms with Crippen LogP contribution in [-0.4, -0.2) is 36.3 Å². The van der Waals surface area contributed by atoms with Crippen LogP contribution in [0.4, 0.5) is 51.6 Å². The molecule has 45 heavy (non-hydrogen) atoms. The minimum atomic E-state index is -0.263. The molecular formula is C33H24B3N9. The van der Waals surface area contributed by atoms with Crippen LogP contribution in [0, 0.1) is 0 Å². The molecule has 4 aliphatic heterocycles. The van der Waals surface area contributed by atoms with Crippen LogP contribution in [0.5, 0.6) is 0 Å². The third-order valence-corrected chi connectivity index (χ3v) is 9.11. The molecule has 4 aliphatic rings. The molecule has 210 valence electrons. The summed E-state index contributed by atoms with van der Waals surface area (Å²) < 4.78 is 7.48. The Kier molecular flexibility index (Phi) is 5.07. The van der Waals surface area contributed by atoms with Gasteiger partial charge in [-0.05, 0) is 72.8 Å². The second kappa shape index (κ2) is 9.30. The van der Waals surface area contributed by atoms with Crippen molar-refractivity contribution in [3.05, 3.63) is 146 Å². The van der Waals surface area contributed by atoms with Crippen molar-refractivity contribution in [1.29, 1.82) is 0 Å². The van der Waals surface area contributed by atoms with Gasteiger partial charge in [0.2, 0.25) is 0 Å². The Morgan fingerprint density at radius 1 is 0.333 bits per heavy atom. The van der Waals surface area contributed by atoms with Crippen LogP contribution in [0.25, 0.3) is 0 Å². The van der Waals surface area contributed by atoms with Crippen molar-refractivity contribution in [2.45, 2.75) is 0 Å². The second-order valence-corrected chi connectivity index (χ2v) is 11.4. The predicted molar refractivity (Wildman–Crippen MR) is 183 cm³/mol. The molecule has 1 fully saturated rings. The Hall–Kier alpha value is -5.90. The summed E-state index contributed by atoms with van der Waals surface area (Å²) in [6.45, 7) is 0. The van der Waals surface area contributed by atoms with E-state index >= 15 is 0 Å². The highest BCUT2D eigenvalue weighted by Crippen LogP contribution is 2.56. The molecule has 3 aromatic heterocycles. The number of hydrogen-bond donors (Lipinski definition) is 0. The molecule has 0 aliphatic carbocycles. The van der Waals surface area contributed by atoms with Gasteiger partial charge in [-0.25, -0.2) is 15.0 Å². The van der Waals surface area contributed by atoms with E-state index in [0.717, 1.165) is 51.6 Å². The average Bonchev–Trinajstić information content (AvgIpc) is 3.75. The Bertz CT molecular complexity index is 1810. The van der Waals surface area contributed by atoms with Gasteiger partial charge in [0.15, 0.2) is 0 Å². The third kappa shape index (κ3) is 3.28. The van der Waals surface area contributed by atoms with Crippen LogP contribution in [0.2, 0.25) is 0 Å². The summed E-state index contributed by atoms with van der Waals surface area (Å²) >= 11 is 0. The fourth-order valence-corrected chi connectivity index (χ4v) is 7.44. The lowest BCUT2D eigenvalue weighted by Gasteiger charge is -2.51. The molecule has 10 rings (SSSR count). The highest BCUT2D eigenvalue weighted by atomic mass is 15.6. The van der Waals surface area contributed by atoms with E-state index in [1.807, 2.05) is 36.8 Å². The molecule has 9 nitrogen and oxygen atoms in total. The van der Waals surface area contributed by atoms with Gasteiger partial charge in [0.1, 0.15) is 17.5 Å². The lowest BCUT2D eigenvalue weighted by molar-refractivity contribution is 1.23. The number of anilines is 9. The smallest absolute Gasteiger partial charge is 0.381 e. The van der Waals surface area contributed by atoms with Gasteiger partial charge in [-0.2, -0.15) is 0 Å². The van der Waals surface area contributed by atoms with Crippen molar-refractivity contribution >= 4 is 72.9 Å². The number of fused-ring (bicyclic) bond motifs is 12. The van der Waals surface area contributed by atoms with Crippen LogP contribution in [-0.2, 0) is 0 Å². The summed E-state index contributed by atoms with van der Waals surface area (Å²) in [7, 11) is -0.790. The van der Waals surface area contributed by atoms with E-state index in [0.29, 0.717) is 0 Å². The summed E-state index contributed by atoms with van der Waals surface area (Å²) in [6.07, 6.45) is 5.66. The molecule has 3 aromatic carbocycles. The van der Waals surface area contributed by atoms with Crippen LogP contribution < -0.4 is 28.6 Å². The van der Waals surface area contributed by atoms with Crippen LogP contribution in [0.1, 0.15) is 0 Å². The minimum Gasteiger partial charge on any atom is -0.381 e. The molecule has 0 unspecified atom stereocenters. The normalized spacial score (nSPS) is 15.6. The van der Waals surface area contributed by atoms with Crippen LogP contribution in [0.15, 0.2) is 146 Å². The highest BCUT2D eigenvalue weighted by molar-refractivity contribution is 7.11. The molecular weight excluding hydrogens is 555 g/mol. The fraction of sp³-hybridized carbons (Fsp3) is 0.